The summed E-state index contributed by atoms with van der Waals surface area (Å²) in [5.74, 6) is -0.196. The summed E-state index contributed by atoms with van der Waals surface area (Å²) in [6, 6.07) is 9.62. The Morgan fingerprint density at radius 2 is 1.93 bits per heavy atom. The van der Waals surface area contributed by atoms with Gasteiger partial charge in [-0.15, -0.1) is 0 Å². The van der Waals surface area contributed by atoms with Gasteiger partial charge in [-0.2, -0.15) is 0 Å². The van der Waals surface area contributed by atoms with Crippen molar-refractivity contribution in [2.75, 3.05) is 0 Å². The zero-order valence-electron chi connectivity index (χ0n) is 8.77. The standard InChI is InChI=1S/C11H13NO3/c1-9(15-10(2)13)12-14-8-11-6-4-3-5-7-11/h3-7H,8H2,1-2H3/b12-9+. The minimum atomic E-state index is -0.403. The lowest BCUT2D eigenvalue weighted by Crippen LogP contribution is -2.05. The highest BCUT2D eigenvalue weighted by Gasteiger charge is 1.97. The van der Waals surface area contributed by atoms with Crippen molar-refractivity contribution < 1.29 is 14.4 Å². The van der Waals surface area contributed by atoms with Crippen molar-refractivity contribution in [2.24, 2.45) is 5.16 Å². The van der Waals surface area contributed by atoms with E-state index in [2.05, 4.69) is 9.89 Å². The number of nitrogens with zero attached hydrogens (tertiary/aromatic N) is 1. The van der Waals surface area contributed by atoms with Crippen molar-refractivity contribution >= 4 is 11.9 Å². The Morgan fingerprint density at radius 1 is 1.27 bits per heavy atom. The zero-order chi connectivity index (χ0) is 11.1. The molecular formula is C11H13NO3. The van der Waals surface area contributed by atoms with E-state index >= 15 is 0 Å². The molecule has 0 amide bonds. The van der Waals surface area contributed by atoms with E-state index in [0.717, 1.165) is 5.56 Å². The van der Waals surface area contributed by atoms with Crippen LogP contribution in [-0.4, -0.2) is 11.9 Å². The number of carbonyl (C=O) groups is 1. The molecule has 4 nitrogen and oxygen atoms in total. The summed E-state index contributed by atoms with van der Waals surface area (Å²) in [7, 11) is 0. The molecular weight excluding hydrogens is 194 g/mol. The van der Waals surface area contributed by atoms with Crippen LogP contribution in [0, 0.1) is 0 Å². The van der Waals surface area contributed by atoms with Crippen molar-refractivity contribution in [3.05, 3.63) is 35.9 Å². The minimum absolute atomic E-state index is 0.207. The maximum absolute atomic E-state index is 10.5. The molecule has 1 rings (SSSR count). The van der Waals surface area contributed by atoms with Crippen LogP contribution in [-0.2, 0) is 21.0 Å². The highest BCUT2D eigenvalue weighted by Crippen LogP contribution is 2.00. The molecule has 0 unspecified atom stereocenters. The van der Waals surface area contributed by atoms with Gasteiger partial charge >= 0.3 is 5.97 Å². The van der Waals surface area contributed by atoms with Gasteiger partial charge in [0.15, 0.2) is 0 Å². The average Bonchev–Trinajstić information content (AvgIpc) is 2.18. The first-order valence-electron chi connectivity index (χ1n) is 4.57. The fraction of sp³-hybridized carbons (Fsp3) is 0.273. The number of oxime groups is 1. The Labute approximate surface area is 88.5 Å². The van der Waals surface area contributed by atoms with E-state index in [1.54, 1.807) is 6.92 Å². The van der Waals surface area contributed by atoms with Gasteiger partial charge in [-0.25, -0.2) is 0 Å². The molecule has 0 saturated heterocycles. The van der Waals surface area contributed by atoms with E-state index in [0.29, 0.717) is 6.61 Å². The van der Waals surface area contributed by atoms with Crippen molar-refractivity contribution in [1.82, 2.24) is 0 Å². The van der Waals surface area contributed by atoms with Crippen molar-refractivity contribution in [2.45, 2.75) is 20.5 Å². The van der Waals surface area contributed by atoms with Gasteiger partial charge in [0.2, 0.25) is 5.90 Å². The van der Waals surface area contributed by atoms with Crippen LogP contribution >= 0.6 is 0 Å². The Morgan fingerprint density at radius 3 is 2.53 bits per heavy atom. The lowest BCUT2D eigenvalue weighted by Gasteiger charge is -2.01. The van der Waals surface area contributed by atoms with Crippen LogP contribution in [0.15, 0.2) is 35.5 Å². The Hall–Kier alpha value is -1.84. The SMILES string of the molecule is CC(=O)O/C(C)=N/OCc1ccccc1. The molecule has 1 aromatic carbocycles. The predicted molar refractivity (Wildman–Crippen MR) is 56.1 cm³/mol. The molecule has 0 N–H and O–H groups in total. The summed E-state index contributed by atoms with van der Waals surface area (Å²) in [6.07, 6.45) is 0. The van der Waals surface area contributed by atoms with Gasteiger partial charge in [-0.3, -0.25) is 4.79 Å². The fourth-order valence-electron chi connectivity index (χ4n) is 0.999. The van der Waals surface area contributed by atoms with Gasteiger partial charge < -0.3 is 9.57 Å². The predicted octanol–water partition coefficient (Wildman–Crippen LogP) is 2.10. The second-order valence-electron chi connectivity index (χ2n) is 2.96. The summed E-state index contributed by atoms with van der Waals surface area (Å²) < 4.78 is 4.67. The molecule has 4 heteroatoms. The minimum Gasteiger partial charge on any atom is -0.409 e. The van der Waals surface area contributed by atoms with Crippen LogP contribution in [0.25, 0.3) is 0 Å². The molecule has 0 spiro atoms. The highest BCUT2D eigenvalue weighted by atomic mass is 16.7. The summed E-state index contributed by atoms with van der Waals surface area (Å²) in [4.78, 5) is 15.5. The van der Waals surface area contributed by atoms with E-state index in [1.165, 1.54) is 6.92 Å². The summed E-state index contributed by atoms with van der Waals surface area (Å²) in [5.41, 5.74) is 1.01. The second kappa shape index (κ2) is 5.80. The molecule has 1 aromatic rings. The molecule has 0 saturated carbocycles. The number of hydrogen-bond acceptors (Lipinski definition) is 4. The van der Waals surface area contributed by atoms with Gasteiger partial charge in [0.25, 0.3) is 0 Å². The van der Waals surface area contributed by atoms with E-state index in [-0.39, 0.29) is 5.90 Å². The third-order valence-corrected chi connectivity index (χ3v) is 1.56. The fourth-order valence-corrected chi connectivity index (χ4v) is 0.999. The molecule has 0 radical (unpaired) electrons. The topological polar surface area (TPSA) is 47.9 Å². The van der Waals surface area contributed by atoms with Crippen LogP contribution in [0.2, 0.25) is 0 Å². The van der Waals surface area contributed by atoms with Gasteiger partial charge in [-0.1, -0.05) is 35.5 Å². The number of ether oxygens (including phenoxy) is 1. The summed E-state index contributed by atoms with van der Waals surface area (Å²) in [5, 5.41) is 3.63. The first-order chi connectivity index (χ1) is 7.18. The Kier molecular flexibility index (Phi) is 4.34. The molecule has 0 aliphatic heterocycles. The molecule has 80 valence electrons. The number of benzene rings is 1. The highest BCUT2D eigenvalue weighted by molar-refractivity contribution is 5.85. The third kappa shape index (κ3) is 4.81. The first kappa shape index (κ1) is 11.2. The molecule has 0 bridgehead atoms. The molecule has 15 heavy (non-hydrogen) atoms. The van der Waals surface area contributed by atoms with Crippen molar-refractivity contribution in [3.8, 4) is 0 Å². The molecule has 0 aromatic heterocycles. The van der Waals surface area contributed by atoms with Gasteiger partial charge in [0.05, 0.1) is 0 Å². The summed E-state index contributed by atoms with van der Waals surface area (Å²) in [6.45, 7) is 3.24. The van der Waals surface area contributed by atoms with Gasteiger partial charge in [0, 0.05) is 13.8 Å². The molecule has 0 fully saturated rings. The molecule has 0 atom stereocenters. The monoisotopic (exact) mass is 207 g/mol. The average molecular weight is 207 g/mol. The summed E-state index contributed by atoms with van der Waals surface area (Å²) >= 11 is 0. The second-order valence-corrected chi connectivity index (χ2v) is 2.96. The van der Waals surface area contributed by atoms with E-state index < -0.39 is 5.97 Å². The van der Waals surface area contributed by atoms with Crippen LogP contribution in [0.3, 0.4) is 0 Å². The lowest BCUT2D eigenvalue weighted by molar-refractivity contribution is -0.133. The molecule has 0 heterocycles. The maximum Gasteiger partial charge on any atom is 0.309 e. The number of hydrogen-bond donors (Lipinski definition) is 0. The van der Waals surface area contributed by atoms with Crippen LogP contribution < -0.4 is 0 Å². The van der Waals surface area contributed by atoms with Crippen molar-refractivity contribution in [3.63, 3.8) is 0 Å². The molecule has 0 aliphatic rings. The van der Waals surface area contributed by atoms with Crippen molar-refractivity contribution in [1.29, 1.82) is 0 Å². The maximum atomic E-state index is 10.5. The van der Waals surface area contributed by atoms with E-state index in [4.69, 9.17) is 4.84 Å². The van der Waals surface area contributed by atoms with E-state index in [9.17, 15) is 4.79 Å². The zero-order valence-corrected chi connectivity index (χ0v) is 8.77. The van der Waals surface area contributed by atoms with Crippen LogP contribution in [0.5, 0.6) is 0 Å². The molecule has 0 aliphatic carbocycles. The van der Waals surface area contributed by atoms with E-state index in [1.807, 2.05) is 30.3 Å². The van der Waals surface area contributed by atoms with Crippen LogP contribution in [0.1, 0.15) is 19.4 Å². The first-order valence-corrected chi connectivity index (χ1v) is 4.57. The quantitative estimate of drug-likeness (QED) is 0.330. The lowest BCUT2D eigenvalue weighted by atomic mass is 10.2. The Bertz CT molecular complexity index is 346. The number of esters is 1. The normalized spacial score (nSPS) is 10.9. The Balaban J connectivity index is 2.35. The van der Waals surface area contributed by atoms with Gasteiger partial charge in [-0.05, 0) is 5.56 Å². The van der Waals surface area contributed by atoms with Crippen LogP contribution in [0.4, 0.5) is 0 Å². The third-order valence-electron chi connectivity index (χ3n) is 1.56. The number of rotatable bonds is 3. The van der Waals surface area contributed by atoms with Gasteiger partial charge in [0.1, 0.15) is 6.61 Å². The smallest absolute Gasteiger partial charge is 0.309 e. The number of carbonyl (C=O) groups excluding carboxylic acids is 1. The largest absolute Gasteiger partial charge is 0.409 e.